The first-order valence-corrected chi connectivity index (χ1v) is 9.69. The van der Waals surface area contributed by atoms with Gasteiger partial charge in [0, 0.05) is 16.6 Å². The molecule has 31 heavy (non-hydrogen) atoms. The van der Waals surface area contributed by atoms with Gasteiger partial charge < -0.3 is 10.1 Å². The third-order valence-corrected chi connectivity index (χ3v) is 4.83. The Morgan fingerprint density at radius 2 is 1.68 bits per heavy atom. The fourth-order valence-electron chi connectivity index (χ4n) is 3.22. The van der Waals surface area contributed by atoms with E-state index in [-0.39, 0.29) is 11.4 Å². The van der Waals surface area contributed by atoms with Crippen LogP contribution in [0, 0.1) is 12.7 Å². The van der Waals surface area contributed by atoms with Gasteiger partial charge in [-0.3, -0.25) is 4.79 Å². The first kappa shape index (κ1) is 20.2. The van der Waals surface area contributed by atoms with Gasteiger partial charge in [-0.05, 0) is 55.0 Å². The number of carbonyl (C=O) groups excluding carboxylic acids is 2. The first-order valence-electron chi connectivity index (χ1n) is 9.69. The van der Waals surface area contributed by atoms with E-state index >= 15 is 0 Å². The second kappa shape index (κ2) is 8.75. The molecule has 0 fully saturated rings. The lowest BCUT2D eigenvalue weighted by molar-refractivity contribution is -0.119. The van der Waals surface area contributed by atoms with E-state index in [1.807, 2.05) is 31.2 Å². The Hall–Kier alpha value is -4.06. The lowest BCUT2D eigenvalue weighted by Gasteiger charge is -2.11. The number of aromatic nitrogens is 1. The Morgan fingerprint density at radius 3 is 2.45 bits per heavy atom. The number of fused-ring (bicyclic) bond motifs is 1. The van der Waals surface area contributed by atoms with Gasteiger partial charge in [-0.1, -0.05) is 36.4 Å². The number of hydrogen-bond donors (Lipinski definition) is 1. The minimum Gasteiger partial charge on any atom is -0.452 e. The predicted octanol–water partition coefficient (Wildman–Crippen LogP) is 5.14. The summed E-state index contributed by atoms with van der Waals surface area (Å²) in [5, 5.41) is 3.34. The van der Waals surface area contributed by atoms with Crippen LogP contribution < -0.4 is 5.32 Å². The maximum atomic E-state index is 13.3. The highest BCUT2D eigenvalue weighted by atomic mass is 19.1. The molecule has 4 aromatic rings. The van der Waals surface area contributed by atoms with Crippen LogP contribution in [0.25, 0.3) is 22.2 Å². The quantitative estimate of drug-likeness (QED) is 0.459. The number of halogens is 1. The van der Waals surface area contributed by atoms with Gasteiger partial charge in [0.1, 0.15) is 5.82 Å². The maximum absolute atomic E-state index is 13.3. The van der Waals surface area contributed by atoms with Crippen molar-refractivity contribution in [3.8, 4) is 11.3 Å². The van der Waals surface area contributed by atoms with Gasteiger partial charge in [0.15, 0.2) is 6.61 Å². The Labute approximate surface area is 178 Å². The van der Waals surface area contributed by atoms with Crippen LogP contribution in [-0.2, 0) is 9.53 Å². The number of esters is 1. The van der Waals surface area contributed by atoms with Crippen molar-refractivity contribution in [1.82, 2.24) is 4.98 Å². The molecule has 154 valence electrons. The van der Waals surface area contributed by atoms with E-state index in [0.717, 1.165) is 5.56 Å². The molecule has 0 aliphatic carbocycles. The fraction of sp³-hybridized carbons (Fsp3) is 0.0800. The molecule has 3 aromatic carbocycles. The molecule has 0 radical (unpaired) electrons. The summed E-state index contributed by atoms with van der Waals surface area (Å²) >= 11 is 0. The number of benzene rings is 3. The highest BCUT2D eigenvalue weighted by Gasteiger charge is 2.17. The van der Waals surface area contributed by atoms with Crippen molar-refractivity contribution in [3.63, 3.8) is 0 Å². The molecule has 0 spiro atoms. The molecule has 1 amide bonds. The van der Waals surface area contributed by atoms with E-state index < -0.39 is 18.5 Å². The van der Waals surface area contributed by atoms with E-state index in [0.29, 0.717) is 27.8 Å². The molecule has 0 saturated heterocycles. The molecule has 0 atom stereocenters. The van der Waals surface area contributed by atoms with E-state index in [2.05, 4.69) is 10.3 Å². The molecule has 0 bridgehead atoms. The molecule has 0 unspecified atom stereocenters. The number of para-hydroxylation sites is 2. The van der Waals surface area contributed by atoms with Crippen LogP contribution in [0.1, 0.15) is 15.9 Å². The summed E-state index contributed by atoms with van der Waals surface area (Å²) in [6, 6.07) is 21.9. The number of pyridine rings is 1. The Balaban J connectivity index is 1.57. The largest absolute Gasteiger partial charge is 0.452 e. The highest BCUT2D eigenvalue weighted by molar-refractivity contribution is 6.05. The van der Waals surface area contributed by atoms with Crippen molar-refractivity contribution < 1.29 is 18.7 Å². The molecule has 0 saturated carbocycles. The van der Waals surface area contributed by atoms with Crippen LogP contribution in [0.4, 0.5) is 10.1 Å². The molecule has 0 aliphatic rings. The fourth-order valence-corrected chi connectivity index (χ4v) is 3.22. The smallest absolute Gasteiger partial charge is 0.339 e. The lowest BCUT2D eigenvalue weighted by Crippen LogP contribution is -2.21. The van der Waals surface area contributed by atoms with Crippen LogP contribution in [0.15, 0.2) is 78.9 Å². The second-order valence-corrected chi connectivity index (χ2v) is 7.02. The molecule has 5 nitrogen and oxygen atoms in total. The van der Waals surface area contributed by atoms with Crippen LogP contribution in [0.2, 0.25) is 0 Å². The number of nitrogens with one attached hydrogen (secondary N) is 1. The maximum Gasteiger partial charge on any atom is 0.339 e. The van der Waals surface area contributed by atoms with Crippen molar-refractivity contribution in [1.29, 1.82) is 0 Å². The van der Waals surface area contributed by atoms with Gasteiger partial charge >= 0.3 is 5.97 Å². The third kappa shape index (κ3) is 4.59. The zero-order chi connectivity index (χ0) is 21.8. The van der Waals surface area contributed by atoms with E-state index in [1.54, 1.807) is 42.5 Å². The van der Waals surface area contributed by atoms with Gasteiger partial charge in [-0.2, -0.15) is 0 Å². The average Bonchev–Trinajstić information content (AvgIpc) is 2.79. The molecule has 4 rings (SSSR count). The molecule has 6 heteroatoms. The summed E-state index contributed by atoms with van der Waals surface area (Å²) in [4.78, 5) is 29.6. The number of rotatable bonds is 5. The van der Waals surface area contributed by atoms with Crippen molar-refractivity contribution in [2.24, 2.45) is 0 Å². The zero-order valence-electron chi connectivity index (χ0n) is 16.8. The minimum absolute atomic E-state index is 0.286. The van der Waals surface area contributed by atoms with Crippen LogP contribution in [0.5, 0.6) is 0 Å². The van der Waals surface area contributed by atoms with E-state index in [1.165, 1.54) is 12.1 Å². The van der Waals surface area contributed by atoms with Gasteiger partial charge in [0.05, 0.1) is 16.8 Å². The Bertz CT molecular complexity index is 1270. The summed E-state index contributed by atoms with van der Waals surface area (Å²) in [6.07, 6.45) is 0. The minimum atomic E-state index is -0.637. The number of nitrogens with zero attached hydrogens (tertiary/aromatic N) is 1. The van der Waals surface area contributed by atoms with E-state index in [4.69, 9.17) is 4.74 Å². The second-order valence-electron chi connectivity index (χ2n) is 7.02. The van der Waals surface area contributed by atoms with Crippen LogP contribution in [0.3, 0.4) is 0 Å². The molecular formula is C25H19FN2O3. The summed E-state index contributed by atoms with van der Waals surface area (Å²) < 4.78 is 18.6. The molecule has 0 aliphatic heterocycles. The SMILES string of the molecule is Cc1ccccc1NC(=O)COC(=O)c1cc(-c2ccc(F)cc2)nc2ccccc12. The van der Waals surface area contributed by atoms with Crippen molar-refractivity contribution >= 4 is 28.5 Å². The topological polar surface area (TPSA) is 68.3 Å². The number of ether oxygens (including phenoxy) is 1. The highest BCUT2D eigenvalue weighted by Crippen LogP contribution is 2.25. The number of hydrogen-bond acceptors (Lipinski definition) is 4. The predicted molar refractivity (Wildman–Crippen MR) is 117 cm³/mol. The van der Waals surface area contributed by atoms with Crippen molar-refractivity contribution in [3.05, 3.63) is 95.8 Å². The number of aryl methyl sites for hydroxylation is 1. The standard InChI is InChI=1S/C25H19FN2O3/c1-16-6-2-4-8-21(16)28-24(29)15-31-25(30)20-14-23(17-10-12-18(26)13-11-17)27-22-9-5-3-7-19(20)22/h2-14H,15H2,1H3,(H,28,29). The zero-order valence-corrected chi connectivity index (χ0v) is 16.8. The third-order valence-electron chi connectivity index (χ3n) is 4.83. The summed E-state index contributed by atoms with van der Waals surface area (Å²) in [5.41, 5.74) is 3.63. The summed E-state index contributed by atoms with van der Waals surface area (Å²) in [5.74, 6) is -1.43. The van der Waals surface area contributed by atoms with Gasteiger partial charge in [-0.25, -0.2) is 14.2 Å². The van der Waals surface area contributed by atoms with Gasteiger partial charge in [-0.15, -0.1) is 0 Å². The molecular weight excluding hydrogens is 395 g/mol. The van der Waals surface area contributed by atoms with Gasteiger partial charge in [0.2, 0.25) is 0 Å². The number of carbonyl (C=O) groups is 2. The van der Waals surface area contributed by atoms with Crippen LogP contribution in [-0.4, -0.2) is 23.5 Å². The van der Waals surface area contributed by atoms with Crippen LogP contribution >= 0.6 is 0 Å². The van der Waals surface area contributed by atoms with Crippen molar-refractivity contribution in [2.45, 2.75) is 6.92 Å². The molecule has 1 aromatic heterocycles. The lowest BCUT2D eigenvalue weighted by atomic mass is 10.0. The summed E-state index contributed by atoms with van der Waals surface area (Å²) in [6.45, 7) is 1.46. The molecule has 1 heterocycles. The average molecular weight is 414 g/mol. The first-order chi connectivity index (χ1) is 15.0. The molecule has 1 N–H and O–H groups in total. The van der Waals surface area contributed by atoms with Crippen molar-refractivity contribution in [2.75, 3.05) is 11.9 Å². The number of anilines is 1. The Kier molecular flexibility index (Phi) is 5.71. The summed E-state index contributed by atoms with van der Waals surface area (Å²) in [7, 11) is 0. The monoisotopic (exact) mass is 414 g/mol. The van der Waals surface area contributed by atoms with Gasteiger partial charge in [0.25, 0.3) is 5.91 Å². The Morgan fingerprint density at radius 1 is 0.968 bits per heavy atom. The normalized spacial score (nSPS) is 10.6. The van der Waals surface area contributed by atoms with E-state index in [9.17, 15) is 14.0 Å². The number of amides is 1.